The molecular weight excluding hydrogens is 222 g/mol. The maximum Gasteiger partial charge on any atom is 0.226 e. The number of carbonyl (C=O) groups excluding carboxylic acids is 1. The van der Waals surface area contributed by atoms with Gasteiger partial charge in [0.1, 0.15) is 11.1 Å². The molecule has 4 nitrogen and oxygen atoms in total. The third kappa shape index (κ3) is 1.94. The highest BCUT2D eigenvalue weighted by atomic mass is 32.1. The Morgan fingerprint density at radius 3 is 3.06 bits per heavy atom. The molecule has 5 heteroatoms. The van der Waals surface area contributed by atoms with E-state index in [0.29, 0.717) is 23.5 Å². The number of fused-ring (bicyclic) bond motifs is 1. The van der Waals surface area contributed by atoms with Gasteiger partial charge in [-0.25, -0.2) is 0 Å². The molecule has 0 bridgehead atoms. The fourth-order valence-electron chi connectivity index (χ4n) is 1.93. The first-order chi connectivity index (χ1) is 7.76. The van der Waals surface area contributed by atoms with Crippen LogP contribution in [0, 0.1) is 11.3 Å². The van der Waals surface area contributed by atoms with Gasteiger partial charge in [0.05, 0.1) is 5.56 Å². The molecule has 0 aliphatic heterocycles. The smallest absolute Gasteiger partial charge is 0.226 e. The summed E-state index contributed by atoms with van der Waals surface area (Å²) in [4.78, 5) is 12.7. The van der Waals surface area contributed by atoms with E-state index in [2.05, 4.69) is 11.4 Å². The third-order valence-corrected chi connectivity index (χ3v) is 3.86. The monoisotopic (exact) mass is 235 g/mol. The predicted molar refractivity (Wildman–Crippen MR) is 63.4 cm³/mol. The summed E-state index contributed by atoms with van der Waals surface area (Å²) in [6.45, 7) is 0.332. The quantitative estimate of drug-likeness (QED) is 0.831. The highest BCUT2D eigenvalue weighted by Gasteiger charge is 2.22. The highest BCUT2D eigenvalue weighted by molar-refractivity contribution is 7.16. The minimum atomic E-state index is -0.112. The first-order valence-corrected chi connectivity index (χ1v) is 6.12. The zero-order valence-electron chi connectivity index (χ0n) is 8.88. The zero-order chi connectivity index (χ0) is 11.5. The second kappa shape index (κ2) is 4.64. The van der Waals surface area contributed by atoms with Gasteiger partial charge in [-0.2, -0.15) is 5.26 Å². The summed E-state index contributed by atoms with van der Waals surface area (Å²) in [6.07, 6.45) is 3.41. The van der Waals surface area contributed by atoms with E-state index in [4.69, 9.17) is 11.0 Å². The van der Waals surface area contributed by atoms with Gasteiger partial charge in [0.2, 0.25) is 5.91 Å². The van der Waals surface area contributed by atoms with E-state index in [-0.39, 0.29) is 5.91 Å². The standard InChI is InChI=1S/C11H13N3OS/c12-5-4-10(15)14-11-8(6-13)7-2-1-3-9(7)16-11/h1-5,12H2,(H,14,15). The summed E-state index contributed by atoms with van der Waals surface area (Å²) in [5.74, 6) is -0.112. The number of rotatable bonds is 3. The summed E-state index contributed by atoms with van der Waals surface area (Å²) in [6, 6.07) is 2.19. The number of carbonyl (C=O) groups is 1. The number of hydrogen-bond acceptors (Lipinski definition) is 4. The van der Waals surface area contributed by atoms with Crippen molar-refractivity contribution in [2.75, 3.05) is 11.9 Å². The molecule has 84 valence electrons. The Hall–Kier alpha value is -1.38. The second-order valence-corrected chi connectivity index (χ2v) is 4.87. The first-order valence-electron chi connectivity index (χ1n) is 5.30. The molecule has 1 heterocycles. The normalized spacial score (nSPS) is 13.2. The molecule has 0 saturated heterocycles. The number of thiophene rings is 1. The summed E-state index contributed by atoms with van der Waals surface area (Å²) in [5, 5.41) is 12.6. The van der Waals surface area contributed by atoms with Crippen LogP contribution in [0.1, 0.15) is 28.8 Å². The fourth-order valence-corrected chi connectivity index (χ4v) is 3.19. The van der Waals surface area contributed by atoms with Crippen molar-refractivity contribution in [3.8, 4) is 6.07 Å². The molecule has 3 N–H and O–H groups in total. The molecule has 0 spiro atoms. The van der Waals surface area contributed by atoms with Crippen molar-refractivity contribution >= 4 is 22.2 Å². The molecule has 2 rings (SSSR count). The lowest BCUT2D eigenvalue weighted by Crippen LogP contribution is -2.16. The van der Waals surface area contributed by atoms with Gasteiger partial charge in [-0.1, -0.05) is 0 Å². The maximum atomic E-state index is 11.4. The fraction of sp³-hybridized carbons (Fsp3) is 0.455. The van der Waals surface area contributed by atoms with Crippen LogP contribution in [0.25, 0.3) is 0 Å². The summed E-state index contributed by atoms with van der Waals surface area (Å²) in [7, 11) is 0. The van der Waals surface area contributed by atoms with Crippen LogP contribution in [0.15, 0.2) is 0 Å². The van der Waals surface area contributed by atoms with Gasteiger partial charge in [0.15, 0.2) is 0 Å². The summed E-state index contributed by atoms with van der Waals surface area (Å²) in [5.41, 5.74) is 7.09. The number of nitrogens with zero attached hydrogens (tertiary/aromatic N) is 1. The molecule has 0 aromatic carbocycles. The van der Waals surface area contributed by atoms with E-state index in [9.17, 15) is 4.79 Å². The number of anilines is 1. The number of nitriles is 1. The third-order valence-electron chi connectivity index (χ3n) is 2.66. The molecule has 1 aliphatic carbocycles. The SMILES string of the molecule is N#Cc1c(NC(=O)CCN)sc2c1CCC2. The van der Waals surface area contributed by atoms with Crippen LogP contribution >= 0.6 is 11.3 Å². The topological polar surface area (TPSA) is 78.9 Å². The molecular formula is C11H13N3OS. The molecule has 1 amide bonds. The number of aryl methyl sites for hydroxylation is 1. The number of amides is 1. The van der Waals surface area contributed by atoms with Crippen molar-refractivity contribution in [1.29, 1.82) is 5.26 Å². The number of nitrogens with one attached hydrogen (secondary N) is 1. The van der Waals surface area contributed by atoms with Crippen LogP contribution in [-0.4, -0.2) is 12.5 Å². The van der Waals surface area contributed by atoms with Gasteiger partial charge in [0, 0.05) is 17.8 Å². The van der Waals surface area contributed by atoms with Crippen LogP contribution < -0.4 is 11.1 Å². The van der Waals surface area contributed by atoms with Crippen LogP contribution in [0.4, 0.5) is 5.00 Å². The van der Waals surface area contributed by atoms with Gasteiger partial charge < -0.3 is 11.1 Å². The molecule has 1 aromatic rings. The van der Waals surface area contributed by atoms with Crippen LogP contribution in [0.2, 0.25) is 0 Å². The Kier molecular flexibility index (Phi) is 3.22. The highest BCUT2D eigenvalue weighted by Crippen LogP contribution is 2.38. The van der Waals surface area contributed by atoms with Crippen LogP contribution in [-0.2, 0) is 17.6 Å². The molecule has 1 aliphatic rings. The van der Waals surface area contributed by atoms with Crippen LogP contribution in [0.3, 0.4) is 0 Å². The molecule has 0 radical (unpaired) electrons. The summed E-state index contributed by atoms with van der Waals surface area (Å²) < 4.78 is 0. The molecule has 0 saturated carbocycles. The zero-order valence-corrected chi connectivity index (χ0v) is 9.69. The van der Waals surface area contributed by atoms with Crippen LogP contribution in [0.5, 0.6) is 0 Å². The lowest BCUT2D eigenvalue weighted by Gasteiger charge is -2.02. The summed E-state index contributed by atoms with van der Waals surface area (Å²) >= 11 is 1.53. The van der Waals surface area contributed by atoms with Gasteiger partial charge in [-0.15, -0.1) is 11.3 Å². The largest absolute Gasteiger partial charge is 0.330 e. The van der Waals surface area contributed by atoms with E-state index in [1.165, 1.54) is 16.2 Å². The van der Waals surface area contributed by atoms with Gasteiger partial charge >= 0.3 is 0 Å². The molecule has 1 aromatic heterocycles. The van der Waals surface area contributed by atoms with E-state index in [1.54, 1.807) is 0 Å². The Balaban J connectivity index is 2.22. The van der Waals surface area contributed by atoms with Crippen molar-refractivity contribution < 1.29 is 4.79 Å². The van der Waals surface area contributed by atoms with Crippen molar-refractivity contribution in [3.05, 3.63) is 16.0 Å². The van der Waals surface area contributed by atoms with Crippen molar-refractivity contribution in [1.82, 2.24) is 0 Å². The Morgan fingerprint density at radius 1 is 1.56 bits per heavy atom. The predicted octanol–water partition coefficient (Wildman–Crippen LogP) is 1.40. The van der Waals surface area contributed by atoms with E-state index >= 15 is 0 Å². The van der Waals surface area contributed by atoms with Crippen molar-refractivity contribution in [2.45, 2.75) is 25.7 Å². The number of hydrogen-bond donors (Lipinski definition) is 2. The van der Waals surface area contributed by atoms with Gasteiger partial charge in [-0.05, 0) is 24.8 Å². The lowest BCUT2D eigenvalue weighted by atomic mass is 10.1. The van der Waals surface area contributed by atoms with E-state index < -0.39 is 0 Å². The second-order valence-electron chi connectivity index (χ2n) is 3.76. The number of nitrogens with two attached hydrogens (primary N) is 1. The Bertz CT molecular complexity index is 459. The van der Waals surface area contributed by atoms with E-state index in [0.717, 1.165) is 24.8 Å². The average Bonchev–Trinajstić information content (AvgIpc) is 2.77. The van der Waals surface area contributed by atoms with Gasteiger partial charge in [0.25, 0.3) is 0 Å². The Labute approximate surface area is 98.1 Å². The molecule has 0 unspecified atom stereocenters. The maximum absolute atomic E-state index is 11.4. The average molecular weight is 235 g/mol. The molecule has 0 atom stereocenters. The minimum absolute atomic E-state index is 0.112. The van der Waals surface area contributed by atoms with E-state index in [1.807, 2.05) is 0 Å². The van der Waals surface area contributed by atoms with Crippen molar-refractivity contribution in [3.63, 3.8) is 0 Å². The van der Waals surface area contributed by atoms with Gasteiger partial charge in [-0.3, -0.25) is 4.79 Å². The minimum Gasteiger partial charge on any atom is -0.330 e. The lowest BCUT2D eigenvalue weighted by molar-refractivity contribution is -0.116. The van der Waals surface area contributed by atoms with Crippen molar-refractivity contribution in [2.24, 2.45) is 5.73 Å². The Morgan fingerprint density at radius 2 is 2.38 bits per heavy atom. The molecule has 16 heavy (non-hydrogen) atoms. The first kappa shape index (κ1) is 11.1. The molecule has 0 fully saturated rings.